The number of rotatable bonds is 6. The van der Waals surface area contributed by atoms with Crippen LogP contribution < -0.4 is 0 Å². The molecule has 1 rings (SSSR count). The first kappa shape index (κ1) is 11.5. The van der Waals surface area contributed by atoms with Gasteiger partial charge in [0, 0.05) is 6.08 Å². The summed E-state index contributed by atoms with van der Waals surface area (Å²) in [6.45, 7) is 1.11. The topological polar surface area (TPSA) is 46.5 Å². The van der Waals surface area contributed by atoms with Crippen LogP contribution in [0.3, 0.4) is 0 Å². The number of carboxylic acid groups (broad SMARTS) is 1. The molecule has 0 bridgehead atoms. The second-order valence-electron chi connectivity index (χ2n) is 3.07. The molecule has 0 aliphatic rings. The molecule has 0 unspecified atom stereocenters. The predicted octanol–water partition coefficient (Wildman–Crippen LogP) is 2.23. The lowest BCUT2D eigenvalue weighted by atomic mass is 10.2. The number of hydrogen-bond donors (Lipinski definition) is 1. The second kappa shape index (κ2) is 6.79. The molecule has 1 aromatic rings. The summed E-state index contributed by atoms with van der Waals surface area (Å²) in [5, 5.41) is 8.32. The molecule has 0 radical (unpaired) electrons. The van der Waals surface area contributed by atoms with Gasteiger partial charge in [-0.25, -0.2) is 4.79 Å². The Kier molecular flexibility index (Phi) is 5.19. The average Bonchev–Trinajstić information content (AvgIpc) is 2.24. The minimum absolute atomic E-state index is 0.540. The number of hydrogen-bond acceptors (Lipinski definition) is 2. The van der Waals surface area contributed by atoms with Gasteiger partial charge in [0.25, 0.3) is 0 Å². The zero-order valence-electron chi connectivity index (χ0n) is 8.43. The van der Waals surface area contributed by atoms with E-state index in [9.17, 15) is 4.79 Å². The van der Waals surface area contributed by atoms with Gasteiger partial charge in [-0.3, -0.25) is 0 Å². The van der Waals surface area contributed by atoms with Crippen molar-refractivity contribution in [2.75, 3.05) is 6.61 Å². The fourth-order valence-corrected chi connectivity index (χ4v) is 1.10. The minimum Gasteiger partial charge on any atom is -0.478 e. The molecule has 3 nitrogen and oxygen atoms in total. The van der Waals surface area contributed by atoms with Gasteiger partial charge in [0.15, 0.2) is 0 Å². The normalized spacial score (nSPS) is 10.7. The van der Waals surface area contributed by atoms with E-state index in [1.807, 2.05) is 30.3 Å². The maximum absolute atomic E-state index is 10.1. The molecule has 0 heterocycles. The Morgan fingerprint density at radius 2 is 2.07 bits per heavy atom. The number of benzene rings is 1. The molecule has 0 aromatic heterocycles. The molecule has 80 valence electrons. The molecule has 1 N–H and O–H groups in total. The number of carboxylic acids is 1. The average molecular weight is 206 g/mol. The lowest BCUT2D eigenvalue weighted by Gasteiger charge is -2.01. The molecule has 1 aromatic carbocycles. The quantitative estimate of drug-likeness (QED) is 0.573. The summed E-state index contributed by atoms with van der Waals surface area (Å²) in [6.07, 6.45) is 3.35. The highest BCUT2D eigenvalue weighted by Crippen LogP contribution is 2.00. The number of ether oxygens (including phenoxy) is 1. The van der Waals surface area contributed by atoms with Crippen LogP contribution >= 0.6 is 0 Å². The molecule has 15 heavy (non-hydrogen) atoms. The van der Waals surface area contributed by atoms with Gasteiger partial charge >= 0.3 is 5.97 Å². The zero-order chi connectivity index (χ0) is 10.9. The zero-order valence-corrected chi connectivity index (χ0v) is 8.43. The van der Waals surface area contributed by atoms with Crippen molar-refractivity contribution in [3.05, 3.63) is 48.0 Å². The van der Waals surface area contributed by atoms with E-state index in [0.29, 0.717) is 19.6 Å². The smallest absolute Gasteiger partial charge is 0.327 e. The van der Waals surface area contributed by atoms with E-state index in [1.54, 1.807) is 6.08 Å². The van der Waals surface area contributed by atoms with Gasteiger partial charge < -0.3 is 9.84 Å². The summed E-state index contributed by atoms with van der Waals surface area (Å²) in [6, 6.07) is 9.87. The van der Waals surface area contributed by atoms with E-state index in [-0.39, 0.29) is 0 Å². The van der Waals surface area contributed by atoms with Gasteiger partial charge in [-0.2, -0.15) is 0 Å². The molecule has 0 fully saturated rings. The van der Waals surface area contributed by atoms with Crippen molar-refractivity contribution in [1.29, 1.82) is 0 Å². The standard InChI is InChI=1S/C12H14O3/c13-12(14)8-4-5-9-15-10-11-6-2-1-3-7-11/h1-4,6-8H,5,9-10H2,(H,13,14)/b8-4-. The first-order valence-corrected chi connectivity index (χ1v) is 4.80. The fraction of sp³-hybridized carbons (Fsp3) is 0.250. The third kappa shape index (κ3) is 5.65. The first-order chi connectivity index (χ1) is 7.29. The Morgan fingerprint density at radius 1 is 1.33 bits per heavy atom. The van der Waals surface area contributed by atoms with Crippen LogP contribution in [0.4, 0.5) is 0 Å². The monoisotopic (exact) mass is 206 g/mol. The summed E-state index contributed by atoms with van der Waals surface area (Å²) in [4.78, 5) is 10.1. The highest BCUT2D eigenvalue weighted by Gasteiger charge is 1.90. The molecular formula is C12H14O3. The Balaban J connectivity index is 2.10. The van der Waals surface area contributed by atoms with Crippen LogP contribution in [0.25, 0.3) is 0 Å². The number of aliphatic carboxylic acids is 1. The van der Waals surface area contributed by atoms with Crippen molar-refractivity contribution in [3.63, 3.8) is 0 Å². The van der Waals surface area contributed by atoms with Crippen LogP contribution in [0.2, 0.25) is 0 Å². The highest BCUT2D eigenvalue weighted by molar-refractivity contribution is 5.79. The summed E-state index contributed by atoms with van der Waals surface area (Å²) < 4.78 is 5.36. The van der Waals surface area contributed by atoms with E-state index in [2.05, 4.69) is 0 Å². The van der Waals surface area contributed by atoms with Crippen molar-refractivity contribution in [2.24, 2.45) is 0 Å². The van der Waals surface area contributed by atoms with Crippen LogP contribution in [-0.2, 0) is 16.1 Å². The largest absolute Gasteiger partial charge is 0.478 e. The lowest BCUT2D eigenvalue weighted by Crippen LogP contribution is -1.94. The van der Waals surface area contributed by atoms with E-state index in [1.165, 1.54) is 0 Å². The number of carbonyl (C=O) groups is 1. The van der Waals surface area contributed by atoms with Gasteiger partial charge in [0.05, 0.1) is 13.2 Å². The maximum Gasteiger partial charge on any atom is 0.327 e. The van der Waals surface area contributed by atoms with Crippen molar-refractivity contribution < 1.29 is 14.6 Å². The van der Waals surface area contributed by atoms with Crippen LogP contribution in [0.1, 0.15) is 12.0 Å². The second-order valence-corrected chi connectivity index (χ2v) is 3.07. The van der Waals surface area contributed by atoms with Gasteiger partial charge in [0.2, 0.25) is 0 Å². The van der Waals surface area contributed by atoms with Gasteiger partial charge in [-0.15, -0.1) is 0 Å². The van der Waals surface area contributed by atoms with Crippen molar-refractivity contribution in [3.8, 4) is 0 Å². The molecular weight excluding hydrogens is 192 g/mol. The van der Waals surface area contributed by atoms with E-state index in [4.69, 9.17) is 9.84 Å². The Morgan fingerprint density at radius 3 is 2.73 bits per heavy atom. The lowest BCUT2D eigenvalue weighted by molar-refractivity contribution is -0.131. The molecule has 0 saturated heterocycles. The Labute approximate surface area is 89.0 Å². The van der Waals surface area contributed by atoms with Crippen LogP contribution in [-0.4, -0.2) is 17.7 Å². The summed E-state index contributed by atoms with van der Waals surface area (Å²) in [5.41, 5.74) is 1.12. The SMILES string of the molecule is O=C(O)/C=C\CCOCc1ccccc1. The van der Waals surface area contributed by atoms with E-state index in [0.717, 1.165) is 11.6 Å². The fourth-order valence-electron chi connectivity index (χ4n) is 1.10. The van der Waals surface area contributed by atoms with Crippen molar-refractivity contribution in [2.45, 2.75) is 13.0 Å². The molecule has 0 aliphatic carbocycles. The Bertz CT molecular complexity index is 317. The third-order valence-corrected chi connectivity index (χ3v) is 1.80. The molecule has 0 atom stereocenters. The summed E-state index contributed by atoms with van der Waals surface area (Å²) in [7, 11) is 0. The van der Waals surface area contributed by atoms with E-state index >= 15 is 0 Å². The van der Waals surface area contributed by atoms with Crippen molar-refractivity contribution in [1.82, 2.24) is 0 Å². The predicted molar refractivity (Wildman–Crippen MR) is 57.5 cm³/mol. The Hall–Kier alpha value is -1.61. The first-order valence-electron chi connectivity index (χ1n) is 4.80. The molecule has 3 heteroatoms. The van der Waals surface area contributed by atoms with Crippen LogP contribution in [0.15, 0.2) is 42.5 Å². The summed E-state index contributed by atoms with van der Waals surface area (Å²) >= 11 is 0. The van der Waals surface area contributed by atoms with Gasteiger partial charge in [-0.05, 0) is 12.0 Å². The molecule has 0 aliphatic heterocycles. The minimum atomic E-state index is -0.918. The van der Waals surface area contributed by atoms with Gasteiger partial charge in [-0.1, -0.05) is 36.4 Å². The highest BCUT2D eigenvalue weighted by atomic mass is 16.5. The van der Waals surface area contributed by atoms with Gasteiger partial charge in [0.1, 0.15) is 0 Å². The van der Waals surface area contributed by atoms with Crippen LogP contribution in [0, 0.1) is 0 Å². The maximum atomic E-state index is 10.1. The molecule has 0 amide bonds. The summed E-state index contributed by atoms with van der Waals surface area (Å²) in [5.74, 6) is -0.918. The van der Waals surface area contributed by atoms with Crippen LogP contribution in [0.5, 0.6) is 0 Å². The van der Waals surface area contributed by atoms with Crippen molar-refractivity contribution >= 4 is 5.97 Å². The van der Waals surface area contributed by atoms with E-state index < -0.39 is 5.97 Å². The molecule has 0 spiro atoms. The third-order valence-electron chi connectivity index (χ3n) is 1.80. The molecule has 0 saturated carbocycles.